The molecule has 1 N–H and O–H groups in total. The van der Waals surface area contributed by atoms with E-state index in [2.05, 4.69) is 5.32 Å². The van der Waals surface area contributed by atoms with Gasteiger partial charge in [-0.1, -0.05) is 30.3 Å². The van der Waals surface area contributed by atoms with Crippen molar-refractivity contribution in [3.63, 3.8) is 0 Å². The highest BCUT2D eigenvalue weighted by Gasteiger charge is 2.46. The van der Waals surface area contributed by atoms with Crippen LogP contribution in [-0.2, 0) is 30.4 Å². The van der Waals surface area contributed by atoms with Crippen LogP contribution in [0.4, 0.5) is 4.79 Å². The minimum Gasteiger partial charge on any atom is -0.466 e. The lowest BCUT2D eigenvalue weighted by Gasteiger charge is -2.17. The molecule has 1 saturated carbocycles. The maximum Gasteiger partial charge on any atom is 0.408 e. The highest BCUT2D eigenvalue weighted by Crippen LogP contribution is 2.43. The third-order valence-electron chi connectivity index (χ3n) is 4.13. The molecule has 0 aliphatic heterocycles. The average Bonchev–Trinajstić information content (AvgIpc) is 3.40. The van der Waals surface area contributed by atoms with Gasteiger partial charge in [0.15, 0.2) is 0 Å². The predicted molar refractivity (Wildman–Crippen MR) is 93.0 cm³/mol. The summed E-state index contributed by atoms with van der Waals surface area (Å²) in [5.41, 5.74) is 0.847. The Morgan fingerprint density at radius 1 is 1.08 bits per heavy atom. The van der Waals surface area contributed by atoms with E-state index < -0.39 is 18.1 Å². The summed E-state index contributed by atoms with van der Waals surface area (Å²) < 4.78 is 15.2. The summed E-state index contributed by atoms with van der Waals surface area (Å²) in [4.78, 5) is 35.9. The Bertz CT molecular complexity index is 618. The van der Waals surface area contributed by atoms with Crippen LogP contribution in [0.25, 0.3) is 0 Å². The van der Waals surface area contributed by atoms with E-state index in [0.717, 1.165) is 5.56 Å². The molecule has 1 fully saturated rings. The van der Waals surface area contributed by atoms with E-state index >= 15 is 0 Å². The fourth-order valence-corrected chi connectivity index (χ4v) is 2.71. The van der Waals surface area contributed by atoms with Crippen molar-refractivity contribution < 1.29 is 28.6 Å². The second-order valence-electron chi connectivity index (χ2n) is 6.10. The van der Waals surface area contributed by atoms with E-state index in [9.17, 15) is 14.4 Å². The summed E-state index contributed by atoms with van der Waals surface area (Å²) in [6.45, 7) is 4.09. The lowest BCUT2D eigenvalue weighted by atomic mass is 10.1. The van der Waals surface area contributed by atoms with Gasteiger partial charge in [-0.25, -0.2) is 9.59 Å². The van der Waals surface area contributed by atoms with Crippen LogP contribution >= 0.6 is 0 Å². The van der Waals surface area contributed by atoms with E-state index in [1.54, 1.807) is 13.8 Å². The third kappa shape index (κ3) is 6.06. The molecule has 3 atom stereocenters. The number of alkyl carbamates (subject to hydrolysis) is 1. The molecular weight excluding hydrogens is 338 g/mol. The monoisotopic (exact) mass is 363 g/mol. The van der Waals surface area contributed by atoms with Crippen LogP contribution in [-0.4, -0.2) is 37.3 Å². The first-order chi connectivity index (χ1) is 12.5. The first-order valence-corrected chi connectivity index (χ1v) is 8.85. The van der Waals surface area contributed by atoms with Crippen LogP contribution in [0.5, 0.6) is 0 Å². The number of carbonyl (C=O) groups is 3. The third-order valence-corrected chi connectivity index (χ3v) is 4.13. The lowest BCUT2D eigenvalue weighted by Crippen LogP contribution is -2.42. The summed E-state index contributed by atoms with van der Waals surface area (Å²) in [6, 6.07) is 8.40. The zero-order valence-electron chi connectivity index (χ0n) is 15.1. The van der Waals surface area contributed by atoms with Crippen molar-refractivity contribution in [2.45, 2.75) is 39.3 Å². The topological polar surface area (TPSA) is 90.9 Å². The van der Waals surface area contributed by atoms with E-state index in [4.69, 9.17) is 14.2 Å². The van der Waals surface area contributed by atoms with Crippen molar-refractivity contribution in [3.05, 3.63) is 35.9 Å². The number of rotatable bonds is 9. The van der Waals surface area contributed by atoms with Gasteiger partial charge in [0.2, 0.25) is 0 Å². The maximum atomic E-state index is 12.1. The quantitative estimate of drug-likeness (QED) is 0.535. The van der Waals surface area contributed by atoms with Gasteiger partial charge in [-0.05, 0) is 38.2 Å². The van der Waals surface area contributed by atoms with Crippen LogP contribution < -0.4 is 5.32 Å². The Morgan fingerprint density at radius 2 is 1.77 bits per heavy atom. The van der Waals surface area contributed by atoms with Crippen LogP contribution in [0.3, 0.4) is 0 Å². The number of nitrogens with one attached hydrogen (secondary N) is 1. The molecule has 0 bridgehead atoms. The molecule has 0 heterocycles. The summed E-state index contributed by atoms with van der Waals surface area (Å²) in [5.74, 6) is -1.00. The van der Waals surface area contributed by atoms with Gasteiger partial charge < -0.3 is 19.5 Å². The van der Waals surface area contributed by atoms with Crippen LogP contribution in [0.15, 0.2) is 30.3 Å². The van der Waals surface area contributed by atoms with Crippen molar-refractivity contribution in [1.82, 2.24) is 5.32 Å². The predicted octanol–water partition coefficient (Wildman–Crippen LogP) is 2.43. The Hall–Kier alpha value is -2.57. The Morgan fingerprint density at radius 3 is 2.42 bits per heavy atom. The average molecular weight is 363 g/mol. The normalized spacial score (nSPS) is 19.2. The molecule has 26 heavy (non-hydrogen) atoms. The largest absolute Gasteiger partial charge is 0.466 e. The van der Waals surface area contributed by atoms with Gasteiger partial charge >= 0.3 is 18.0 Å². The van der Waals surface area contributed by atoms with Crippen molar-refractivity contribution in [2.75, 3.05) is 13.2 Å². The molecule has 2 rings (SSSR count). The zero-order chi connectivity index (χ0) is 18.9. The molecule has 0 saturated heterocycles. The van der Waals surface area contributed by atoms with Crippen LogP contribution in [0, 0.1) is 11.8 Å². The number of hydrogen-bond donors (Lipinski definition) is 1. The summed E-state index contributed by atoms with van der Waals surface area (Å²) in [6.07, 6.45) is 0.276. The molecule has 142 valence electrons. The van der Waals surface area contributed by atoms with Crippen LogP contribution in [0.1, 0.15) is 32.3 Å². The number of carbonyl (C=O) groups excluding carboxylic acids is 3. The van der Waals surface area contributed by atoms with Gasteiger partial charge in [-0.3, -0.25) is 4.79 Å². The van der Waals surface area contributed by atoms with Gasteiger partial charge in [-0.2, -0.15) is 0 Å². The van der Waals surface area contributed by atoms with Gasteiger partial charge in [0.1, 0.15) is 12.6 Å². The molecule has 0 unspecified atom stereocenters. The molecule has 1 aliphatic rings. The number of esters is 2. The first kappa shape index (κ1) is 19.8. The second kappa shape index (κ2) is 9.79. The second-order valence-corrected chi connectivity index (χ2v) is 6.10. The van der Waals surface area contributed by atoms with Crippen molar-refractivity contribution in [1.29, 1.82) is 0 Å². The number of benzene rings is 1. The lowest BCUT2D eigenvalue weighted by molar-refractivity contribution is -0.147. The fraction of sp³-hybridized carbons (Fsp3) is 0.526. The summed E-state index contributed by atoms with van der Waals surface area (Å²) >= 11 is 0. The van der Waals surface area contributed by atoms with Gasteiger partial charge in [-0.15, -0.1) is 0 Å². The minimum absolute atomic E-state index is 0.00196. The molecule has 7 nitrogen and oxygen atoms in total. The fourth-order valence-electron chi connectivity index (χ4n) is 2.71. The molecule has 1 aromatic carbocycles. The van der Waals surface area contributed by atoms with E-state index in [1.807, 2.05) is 30.3 Å². The number of amides is 1. The molecule has 1 amide bonds. The van der Waals surface area contributed by atoms with Crippen molar-refractivity contribution in [3.8, 4) is 0 Å². The molecule has 1 aliphatic carbocycles. The maximum absolute atomic E-state index is 12.1. The molecule has 0 spiro atoms. The van der Waals surface area contributed by atoms with Crippen LogP contribution in [0.2, 0.25) is 0 Å². The summed E-state index contributed by atoms with van der Waals surface area (Å²) in [7, 11) is 0. The van der Waals surface area contributed by atoms with Gasteiger partial charge in [0.05, 0.1) is 19.1 Å². The van der Waals surface area contributed by atoms with Gasteiger partial charge in [0, 0.05) is 0 Å². The molecule has 0 aromatic heterocycles. The van der Waals surface area contributed by atoms with E-state index in [1.165, 1.54) is 0 Å². The minimum atomic E-state index is -0.845. The molecule has 1 aromatic rings. The highest BCUT2D eigenvalue weighted by molar-refractivity contribution is 5.82. The van der Waals surface area contributed by atoms with E-state index in [0.29, 0.717) is 19.4 Å². The molecular formula is C19H25NO6. The SMILES string of the molecule is CCOC(=O)[C@H](C[C@H]1C[C@H]1C(=O)OCC)NC(=O)OCc1ccccc1. The van der Waals surface area contributed by atoms with Crippen molar-refractivity contribution in [2.24, 2.45) is 11.8 Å². The highest BCUT2D eigenvalue weighted by atomic mass is 16.6. The van der Waals surface area contributed by atoms with Gasteiger partial charge in [0.25, 0.3) is 0 Å². The summed E-state index contributed by atoms with van der Waals surface area (Å²) in [5, 5.41) is 2.55. The van der Waals surface area contributed by atoms with Crippen molar-refractivity contribution >= 4 is 18.0 Å². The zero-order valence-corrected chi connectivity index (χ0v) is 15.1. The number of ether oxygens (including phenoxy) is 3. The Balaban J connectivity index is 1.85. The Labute approximate surface area is 153 Å². The smallest absolute Gasteiger partial charge is 0.408 e. The Kier molecular flexibility index (Phi) is 7.44. The molecule has 0 radical (unpaired) electrons. The molecule has 7 heteroatoms. The first-order valence-electron chi connectivity index (χ1n) is 8.85. The van der Waals surface area contributed by atoms with E-state index in [-0.39, 0.29) is 31.0 Å². The standard InChI is InChI=1S/C19H25NO6/c1-3-24-17(21)15-10-14(15)11-16(18(22)25-4-2)20-19(23)26-12-13-8-6-5-7-9-13/h5-9,14-16H,3-4,10-12H2,1-2H3,(H,20,23)/t14-,15-,16+/m1/s1. The number of hydrogen-bond acceptors (Lipinski definition) is 6.